The Balaban J connectivity index is 1.74. The van der Waals surface area contributed by atoms with Crippen molar-refractivity contribution in [1.29, 1.82) is 0 Å². The smallest absolute Gasteiger partial charge is 0.0546 e. The molecule has 2 rings (SSSR count). The van der Waals surface area contributed by atoms with Crippen LogP contribution >= 0.6 is 0 Å². The van der Waals surface area contributed by atoms with Gasteiger partial charge >= 0.3 is 0 Å². The third-order valence-electron chi connectivity index (χ3n) is 2.49. The summed E-state index contributed by atoms with van der Waals surface area (Å²) in [5.41, 5.74) is 1.11. The highest BCUT2D eigenvalue weighted by atomic mass is 16.3. The molecule has 1 aliphatic carbocycles. The molecule has 0 unspecified atom stereocenters. The summed E-state index contributed by atoms with van der Waals surface area (Å²) in [4.78, 5) is 3.94. The fourth-order valence-electron chi connectivity index (χ4n) is 1.60. The Hall–Kier alpha value is -1.09. The predicted octanol–water partition coefficient (Wildman–Crippen LogP) is 1.26. The van der Waals surface area contributed by atoms with Crippen molar-refractivity contribution in [2.75, 3.05) is 11.9 Å². The SMILES string of the molecule is OC1CC(CNc2ccncc2)C1. The first-order valence-electron chi connectivity index (χ1n) is 4.66. The molecule has 0 aromatic carbocycles. The van der Waals surface area contributed by atoms with Crippen molar-refractivity contribution in [3.05, 3.63) is 24.5 Å². The normalized spacial score (nSPS) is 26.5. The molecule has 1 aromatic heterocycles. The maximum absolute atomic E-state index is 9.08. The minimum absolute atomic E-state index is 0.0516. The van der Waals surface area contributed by atoms with Gasteiger partial charge in [0.05, 0.1) is 6.10 Å². The minimum atomic E-state index is -0.0516. The molecule has 0 amide bonds. The van der Waals surface area contributed by atoms with Gasteiger partial charge in [0.2, 0.25) is 0 Å². The maximum atomic E-state index is 9.08. The lowest BCUT2D eigenvalue weighted by Gasteiger charge is -2.31. The number of aliphatic hydroxyl groups is 1. The summed E-state index contributed by atoms with van der Waals surface area (Å²) in [6, 6.07) is 3.91. The van der Waals surface area contributed by atoms with Crippen LogP contribution in [-0.4, -0.2) is 22.7 Å². The molecule has 0 bridgehead atoms. The fourth-order valence-corrected chi connectivity index (χ4v) is 1.60. The van der Waals surface area contributed by atoms with E-state index in [-0.39, 0.29) is 6.10 Å². The van der Waals surface area contributed by atoms with Crippen molar-refractivity contribution in [1.82, 2.24) is 4.98 Å². The molecule has 1 aliphatic rings. The van der Waals surface area contributed by atoms with Crippen molar-refractivity contribution in [2.45, 2.75) is 18.9 Å². The third-order valence-corrected chi connectivity index (χ3v) is 2.49. The van der Waals surface area contributed by atoms with E-state index in [1.807, 2.05) is 12.1 Å². The average molecular weight is 178 g/mol. The lowest BCUT2D eigenvalue weighted by molar-refractivity contribution is 0.0487. The summed E-state index contributed by atoms with van der Waals surface area (Å²) in [5.74, 6) is 0.642. The number of pyridine rings is 1. The Morgan fingerprint density at radius 3 is 2.69 bits per heavy atom. The van der Waals surface area contributed by atoms with Crippen molar-refractivity contribution in [3.63, 3.8) is 0 Å². The molecule has 13 heavy (non-hydrogen) atoms. The first kappa shape index (κ1) is 8.51. The Morgan fingerprint density at radius 2 is 2.08 bits per heavy atom. The summed E-state index contributed by atoms with van der Waals surface area (Å²) >= 11 is 0. The molecule has 0 aliphatic heterocycles. The van der Waals surface area contributed by atoms with Crippen LogP contribution in [0.3, 0.4) is 0 Å². The zero-order valence-electron chi connectivity index (χ0n) is 7.48. The number of hydrogen-bond donors (Lipinski definition) is 2. The first-order valence-corrected chi connectivity index (χ1v) is 4.66. The summed E-state index contributed by atoms with van der Waals surface area (Å²) in [6.45, 7) is 0.959. The number of nitrogens with zero attached hydrogens (tertiary/aromatic N) is 1. The molecule has 1 aromatic rings. The lowest BCUT2D eigenvalue weighted by Crippen LogP contribution is -2.33. The Morgan fingerprint density at radius 1 is 1.38 bits per heavy atom. The van der Waals surface area contributed by atoms with Crippen LogP contribution in [0.5, 0.6) is 0 Å². The molecule has 0 atom stereocenters. The molecule has 1 fully saturated rings. The maximum Gasteiger partial charge on any atom is 0.0546 e. The molecule has 2 N–H and O–H groups in total. The van der Waals surface area contributed by atoms with Crippen LogP contribution in [0.25, 0.3) is 0 Å². The summed E-state index contributed by atoms with van der Waals surface area (Å²) in [5, 5.41) is 12.4. The van der Waals surface area contributed by atoms with E-state index in [0.717, 1.165) is 25.1 Å². The second kappa shape index (κ2) is 3.75. The van der Waals surface area contributed by atoms with Gasteiger partial charge in [-0.25, -0.2) is 0 Å². The molecule has 0 saturated heterocycles. The fraction of sp³-hybridized carbons (Fsp3) is 0.500. The number of nitrogens with one attached hydrogen (secondary N) is 1. The van der Waals surface area contributed by atoms with Gasteiger partial charge in [-0.15, -0.1) is 0 Å². The lowest BCUT2D eigenvalue weighted by atomic mass is 9.82. The number of hydrogen-bond acceptors (Lipinski definition) is 3. The topological polar surface area (TPSA) is 45.1 Å². The van der Waals surface area contributed by atoms with E-state index in [1.54, 1.807) is 12.4 Å². The Bertz CT molecular complexity index is 257. The van der Waals surface area contributed by atoms with Crippen LogP contribution < -0.4 is 5.32 Å². The van der Waals surface area contributed by atoms with E-state index in [4.69, 9.17) is 5.11 Å². The zero-order valence-corrected chi connectivity index (χ0v) is 7.48. The van der Waals surface area contributed by atoms with Gasteiger partial charge in [0.25, 0.3) is 0 Å². The molecular weight excluding hydrogens is 164 g/mol. The van der Waals surface area contributed by atoms with E-state index in [9.17, 15) is 0 Å². The highest BCUT2D eigenvalue weighted by Crippen LogP contribution is 2.27. The summed E-state index contributed by atoms with van der Waals surface area (Å²) in [6.07, 6.45) is 5.38. The molecule has 0 spiro atoms. The Labute approximate surface area is 77.8 Å². The summed E-state index contributed by atoms with van der Waals surface area (Å²) in [7, 11) is 0. The molecule has 1 heterocycles. The van der Waals surface area contributed by atoms with Crippen molar-refractivity contribution >= 4 is 5.69 Å². The predicted molar refractivity (Wildman–Crippen MR) is 51.5 cm³/mol. The van der Waals surface area contributed by atoms with Crippen LogP contribution in [0, 0.1) is 5.92 Å². The van der Waals surface area contributed by atoms with Crippen LogP contribution in [0.2, 0.25) is 0 Å². The highest BCUT2D eigenvalue weighted by molar-refractivity contribution is 5.40. The number of aliphatic hydroxyl groups excluding tert-OH is 1. The monoisotopic (exact) mass is 178 g/mol. The van der Waals surface area contributed by atoms with Crippen LogP contribution in [0.1, 0.15) is 12.8 Å². The quantitative estimate of drug-likeness (QED) is 0.732. The molecule has 1 saturated carbocycles. The summed E-state index contributed by atoms with van der Waals surface area (Å²) < 4.78 is 0. The molecule has 3 heteroatoms. The van der Waals surface area contributed by atoms with Gasteiger partial charge < -0.3 is 10.4 Å². The average Bonchev–Trinajstić information content (AvgIpc) is 2.12. The largest absolute Gasteiger partial charge is 0.393 e. The zero-order chi connectivity index (χ0) is 9.10. The highest BCUT2D eigenvalue weighted by Gasteiger charge is 2.26. The van der Waals surface area contributed by atoms with Gasteiger partial charge in [0.15, 0.2) is 0 Å². The number of rotatable bonds is 3. The number of anilines is 1. The van der Waals surface area contributed by atoms with Crippen molar-refractivity contribution in [3.8, 4) is 0 Å². The molecule has 0 radical (unpaired) electrons. The van der Waals surface area contributed by atoms with Crippen LogP contribution in [0.15, 0.2) is 24.5 Å². The van der Waals surface area contributed by atoms with Crippen molar-refractivity contribution in [2.24, 2.45) is 5.92 Å². The Kier molecular flexibility index (Phi) is 2.45. The second-order valence-electron chi connectivity index (χ2n) is 3.61. The third kappa shape index (κ3) is 2.18. The molecular formula is C10H14N2O. The van der Waals surface area contributed by atoms with Crippen LogP contribution in [0.4, 0.5) is 5.69 Å². The van der Waals surface area contributed by atoms with E-state index in [1.165, 1.54) is 0 Å². The number of aromatic nitrogens is 1. The molecule has 70 valence electrons. The van der Waals surface area contributed by atoms with Gasteiger partial charge in [-0.1, -0.05) is 0 Å². The van der Waals surface area contributed by atoms with E-state index in [2.05, 4.69) is 10.3 Å². The van der Waals surface area contributed by atoms with Crippen LogP contribution in [-0.2, 0) is 0 Å². The van der Waals surface area contributed by atoms with Crippen molar-refractivity contribution < 1.29 is 5.11 Å². The van der Waals surface area contributed by atoms with E-state index >= 15 is 0 Å². The molecule has 3 nitrogen and oxygen atoms in total. The minimum Gasteiger partial charge on any atom is -0.393 e. The second-order valence-corrected chi connectivity index (χ2v) is 3.61. The standard InChI is InChI=1S/C10H14N2O/c13-10-5-8(6-10)7-12-9-1-3-11-4-2-9/h1-4,8,10,13H,5-7H2,(H,11,12). The van der Waals surface area contributed by atoms with Gasteiger partial charge in [-0.05, 0) is 30.9 Å². The van der Waals surface area contributed by atoms with Gasteiger partial charge in [0, 0.05) is 24.6 Å². The van der Waals surface area contributed by atoms with E-state index < -0.39 is 0 Å². The van der Waals surface area contributed by atoms with Gasteiger partial charge in [-0.3, -0.25) is 4.98 Å². The van der Waals surface area contributed by atoms with E-state index in [0.29, 0.717) is 5.92 Å². The first-order chi connectivity index (χ1) is 6.34. The van der Waals surface area contributed by atoms with Gasteiger partial charge in [0.1, 0.15) is 0 Å². The van der Waals surface area contributed by atoms with Gasteiger partial charge in [-0.2, -0.15) is 0 Å².